The van der Waals surface area contributed by atoms with E-state index in [0.29, 0.717) is 11.3 Å². The van der Waals surface area contributed by atoms with E-state index < -0.39 is 5.97 Å². The highest BCUT2D eigenvalue weighted by molar-refractivity contribution is 7.12. The van der Waals surface area contributed by atoms with E-state index >= 15 is 0 Å². The molecule has 6 nitrogen and oxygen atoms in total. The van der Waals surface area contributed by atoms with E-state index in [1.54, 1.807) is 31.5 Å². The van der Waals surface area contributed by atoms with Crippen LogP contribution < -0.4 is 4.74 Å². The summed E-state index contributed by atoms with van der Waals surface area (Å²) >= 11 is 1.02. The highest BCUT2D eigenvalue weighted by Gasteiger charge is 2.19. The van der Waals surface area contributed by atoms with Crippen LogP contribution in [0.5, 0.6) is 5.75 Å². The fraction of sp³-hybridized carbons (Fsp3) is 0.0714. The summed E-state index contributed by atoms with van der Waals surface area (Å²) in [6, 6.07) is 5.33. The number of aromatic carboxylic acids is 1. The predicted octanol–water partition coefficient (Wildman–Crippen LogP) is 2.56. The van der Waals surface area contributed by atoms with Crippen molar-refractivity contribution in [1.82, 2.24) is 9.97 Å². The molecule has 0 unspecified atom stereocenters. The normalized spacial score (nSPS) is 10.7. The Morgan fingerprint density at radius 1 is 1.38 bits per heavy atom. The van der Waals surface area contributed by atoms with Crippen molar-refractivity contribution in [3.63, 3.8) is 0 Å². The number of H-pyrrole nitrogens is 1. The number of aromatic amines is 1. The molecule has 3 rings (SSSR count). The van der Waals surface area contributed by atoms with Crippen molar-refractivity contribution < 1.29 is 19.4 Å². The lowest BCUT2D eigenvalue weighted by Gasteiger charge is -1.99. The summed E-state index contributed by atoms with van der Waals surface area (Å²) in [4.78, 5) is 30.1. The van der Waals surface area contributed by atoms with Crippen molar-refractivity contribution in [2.75, 3.05) is 7.11 Å². The SMILES string of the molecule is COc1ccc2c(C(=O)c3nc(C(=O)O)cs3)c[nH]c2c1. The molecule has 0 atom stereocenters. The summed E-state index contributed by atoms with van der Waals surface area (Å²) in [5.41, 5.74) is 1.11. The third kappa shape index (κ3) is 2.27. The lowest BCUT2D eigenvalue weighted by atomic mass is 10.1. The lowest BCUT2D eigenvalue weighted by molar-refractivity contribution is 0.0691. The third-order valence-corrected chi connectivity index (χ3v) is 3.89. The molecule has 21 heavy (non-hydrogen) atoms. The van der Waals surface area contributed by atoms with Gasteiger partial charge in [-0.05, 0) is 12.1 Å². The topological polar surface area (TPSA) is 92.3 Å². The van der Waals surface area contributed by atoms with Crippen LogP contribution in [0, 0.1) is 0 Å². The van der Waals surface area contributed by atoms with Gasteiger partial charge in [-0.1, -0.05) is 0 Å². The average molecular weight is 302 g/mol. The second kappa shape index (κ2) is 5.02. The molecule has 0 saturated heterocycles. The fourth-order valence-corrected chi connectivity index (χ4v) is 2.76. The van der Waals surface area contributed by atoms with Gasteiger partial charge < -0.3 is 14.8 Å². The van der Waals surface area contributed by atoms with E-state index in [9.17, 15) is 9.59 Å². The van der Waals surface area contributed by atoms with E-state index in [1.165, 1.54) is 5.38 Å². The van der Waals surface area contributed by atoms with Crippen LogP contribution in [0.2, 0.25) is 0 Å². The van der Waals surface area contributed by atoms with Gasteiger partial charge in [0.1, 0.15) is 5.75 Å². The number of hydrogen-bond acceptors (Lipinski definition) is 5. The van der Waals surface area contributed by atoms with Crippen LogP contribution in [0.1, 0.15) is 25.9 Å². The number of aromatic nitrogens is 2. The van der Waals surface area contributed by atoms with Gasteiger partial charge >= 0.3 is 5.97 Å². The number of fused-ring (bicyclic) bond motifs is 1. The number of nitrogens with one attached hydrogen (secondary N) is 1. The first-order valence-electron chi connectivity index (χ1n) is 5.99. The molecule has 0 amide bonds. The molecule has 2 aromatic heterocycles. The summed E-state index contributed by atoms with van der Waals surface area (Å²) < 4.78 is 5.13. The van der Waals surface area contributed by atoms with Crippen LogP contribution in [0.25, 0.3) is 10.9 Å². The number of benzene rings is 1. The smallest absolute Gasteiger partial charge is 0.355 e. The average Bonchev–Trinajstić information content (AvgIpc) is 3.12. The highest BCUT2D eigenvalue weighted by Crippen LogP contribution is 2.25. The van der Waals surface area contributed by atoms with Crippen LogP contribution >= 0.6 is 11.3 Å². The van der Waals surface area contributed by atoms with Crippen LogP contribution in [0.3, 0.4) is 0 Å². The first kappa shape index (κ1) is 13.3. The van der Waals surface area contributed by atoms with Crippen LogP contribution in [-0.4, -0.2) is 33.9 Å². The Morgan fingerprint density at radius 2 is 2.19 bits per heavy atom. The Bertz CT molecular complexity index is 850. The van der Waals surface area contributed by atoms with Gasteiger partial charge in [-0.15, -0.1) is 11.3 Å². The second-order valence-electron chi connectivity index (χ2n) is 4.29. The molecule has 3 aromatic rings. The van der Waals surface area contributed by atoms with E-state index in [1.807, 2.05) is 0 Å². The van der Waals surface area contributed by atoms with Gasteiger partial charge in [0.2, 0.25) is 5.78 Å². The quantitative estimate of drug-likeness (QED) is 0.723. The number of ketones is 1. The standard InChI is InChI=1S/C14H10N2O4S/c1-20-7-2-3-8-9(5-15-10(8)4-7)12(17)13-16-11(6-21-13)14(18)19/h2-6,15H,1H3,(H,18,19). The molecule has 0 fully saturated rings. The van der Waals surface area contributed by atoms with E-state index in [4.69, 9.17) is 9.84 Å². The van der Waals surface area contributed by atoms with E-state index in [2.05, 4.69) is 9.97 Å². The maximum atomic E-state index is 12.4. The number of carbonyl (C=O) groups excluding carboxylic acids is 1. The molecule has 0 radical (unpaired) electrons. The summed E-state index contributed by atoms with van der Waals surface area (Å²) in [7, 11) is 1.57. The molecule has 2 heterocycles. The van der Waals surface area contributed by atoms with E-state index in [-0.39, 0.29) is 16.5 Å². The summed E-state index contributed by atoms with van der Waals surface area (Å²) in [5.74, 6) is -0.761. The van der Waals surface area contributed by atoms with Crippen molar-refractivity contribution in [2.45, 2.75) is 0 Å². The minimum Gasteiger partial charge on any atom is -0.497 e. The zero-order valence-corrected chi connectivity index (χ0v) is 11.7. The fourth-order valence-electron chi connectivity index (χ4n) is 2.01. The number of rotatable bonds is 4. The molecule has 2 N–H and O–H groups in total. The molecule has 1 aromatic carbocycles. The van der Waals surface area contributed by atoms with Crippen LogP contribution in [0.4, 0.5) is 0 Å². The van der Waals surface area contributed by atoms with Gasteiger partial charge in [0.25, 0.3) is 0 Å². The summed E-state index contributed by atoms with van der Waals surface area (Å²) in [6.07, 6.45) is 1.59. The minimum absolute atomic E-state index is 0.120. The number of carboxylic acid groups (broad SMARTS) is 1. The molecule has 7 heteroatoms. The molecule has 0 aliphatic rings. The van der Waals surface area contributed by atoms with Gasteiger partial charge in [-0.3, -0.25) is 4.79 Å². The molecule has 0 aliphatic carbocycles. The van der Waals surface area contributed by atoms with Gasteiger partial charge in [0, 0.05) is 28.5 Å². The number of carboxylic acids is 1. The molecular formula is C14H10N2O4S. The minimum atomic E-state index is -1.14. The summed E-state index contributed by atoms with van der Waals surface area (Å²) in [6.45, 7) is 0. The number of hydrogen-bond donors (Lipinski definition) is 2. The number of nitrogens with zero attached hydrogens (tertiary/aromatic N) is 1. The van der Waals surface area contributed by atoms with Crippen molar-refractivity contribution >= 4 is 34.0 Å². The zero-order chi connectivity index (χ0) is 15.0. The molecule has 0 aliphatic heterocycles. The predicted molar refractivity (Wildman–Crippen MR) is 77.4 cm³/mol. The van der Waals surface area contributed by atoms with Gasteiger partial charge in [-0.2, -0.15) is 0 Å². The monoisotopic (exact) mass is 302 g/mol. The number of carbonyl (C=O) groups is 2. The Morgan fingerprint density at radius 3 is 2.86 bits per heavy atom. The Balaban J connectivity index is 2.03. The molecular weight excluding hydrogens is 292 g/mol. The van der Waals surface area contributed by atoms with Gasteiger partial charge in [-0.25, -0.2) is 9.78 Å². The van der Waals surface area contributed by atoms with Crippen molar-refractivity contribution in [2.24, 2.45) is 0 Å². The Kier molecular flexibility index (Phi) is 3.19. The van der Waals surface area contributed by atoms with Crippen LogP contribution in [0.15, 0.2) is 29.8 Å². The molecule has 0 spiro atoms. The molecule has 0 saturated carbocycles. The van der Waals surface area contributed by atoms with Gasteiger partial charge in [0.05, 0.1) is 12.7 Å². The maximum Gasteiger partial charge on any atom is 0.355 e. The number of methoxy groups -OCH3 is 1. The van der Waals surface area contributed by atoms with Crippen LogP contribution in [-0.2, 0) is 0 Å². The largest absolute Gasteiger partial charge is 0.497 e. The van der Waals surface area contributed by atoms with Gasteiger partial charge in [0.15, 0.2) is 10.7 Å². The van der Waals surface area contributed by atoms with Crippen molar-refractivity contribution in [3.05, 3.63) is 46.0 Å². The lowest BCUT2D eigenvalue weighted by Crippen LogP contribution is -2.02. The van der Waals surface area contributed by atoms with E-state index in [0.717, 1.165) is 22.2 Å². The number of thiazole rings is 1. The van der Waals surface area contributed by atoms with Crippen molar-refractivity contribution in [1.29, 1.82) is 0 Å². The summed E-state index contributed by atoms with van der Waals surface area (Å²) in [5, 5.41) is 11.1. The first-order chi connectivity index (χ1) is 10.1. The highest BCUT2D eigenvalue weighted by atomic mass is 32.1. The van der Waals surface area contributed by atoms with Crippen molar-refractivity contribution in [3.8, 4) is 5.75 Å². The molecule has 0 bridgehead atoms. The Labute approximate surface area is 123 Å². The first-order valence-corrected chi connectivity index (χ1v) is 6.86. The second-order valence-corrected chi connectivity index (χ2v) is 5.14. The third-order valence-electron chi connectivity index (χ3n) is 3.05. The Hall–Kier alpha value is -2.67. The molecule has 106 valence electrons. The number of ether oxygens (including phenoxy) is 1. The zero-order valence-electron chi connectivity index (χ0n) is 10.9. The maximum absolute atomic E-state index is 12.4.